The molecule has 1 fully saturated rings. The number of halogens is 1. The van der Waals surface area contributed by atoms with E-state index < -0.39 is 0 Å². The Bertz CT molecular complexity index is 1070. The Balaban J connectivity index is 1.43. The zero-order chi connectivity index (χ0) is 21.1. The molecule has 0 bridgehead atoms. The van der Waals surface area contributed by atoms with Gasteiger partial charge >= 0.3 is 0 Å². The molecule has 1 aliphatic heterocycles. The summed E-state index contributed by atoms with van der Waals surface area (Å²) in [6, 6.07) is 12.7. The third-order valence-corrected chi connectivity index (χ3v) is 5.51. The van der Waals surface area contributed by atoms with Crippen LogP contribution in [-0.2, 0) is 4.79 Å². The molecule has 154 valence electrons. The number of nitrogens with one attached hydrogen (secondary N) is 2. The van der Waals surface area contributed by atoms with Crippen LogP contribution >= 0.6 is 11.6 Å². The minimum atomic E-state index is -0.293. The molecule has 3 heterocycles. The van der Waals surface area contributed by atoms with Crippen LogP contribution < -0.4 is 5.32 Å². The zero-order valence-electron chi connectivity index (χ0n) is 16.6. The van der Waals surface area contributed by atoms with Gasteiger partial charge in [0.05, 0.1) is 22.3 Å². The molecule has 2 aromatic heterocycles. The molecule has 2 amide bonds. The van der Waals surface area contributed by atoms with Gasteiger partial charge in [0.2, 0.25) is 5.91 Å². The third kappa shape index (κ3) is 4.36. The molecule has 1 aliphatic rings. The molecule has 2 N–H and O–H groups in total. The number of carbonyl (C=O) groups excluding carboxylic acids is 2. The van der Waals surface area contributed by atoms with Crippen molar-refractivity contribution >= 4 is 29.1 Å². The van der Waals surface area contributed by atoms with Crippen molar-refractivity contribution in [3.05, 3.63) is 64.9 Å². The summed E-state index contributed by atoms with van der Waals surface area (Å²) in [5.41, 5.74) is 3.30. The molecule has 0 aliphatic carbocycles. The van der Waals surface area contributed by atoms with Crippen LogP contribution in [0.3, 0.4) is 0 Å². The monoisotopic (exact) mass is 423 g/mol. The van der Waals surface area contributed by atoms with Gasteiger partial charge in [-0.3, -0.25) is 19.7 Å². The number of aryl methyl sites for hydroxylation is 1. The van der Waals surface area contributed by atoms with E-state index in [9.17, 15) is 9.59 Å². The first kappa shape index (κ1) is 20.1. The molecular formula is C22H22ClN5O2. The third-order valence-electron chi connectivity index (χ3n) is 5.20. The van der Waals surface area contributed by atoms with E-state index in [-0.39, 0.29) is 17.7 Å². The van der Waals surface area contributed by atoms with Crippen LogP contribution in [0.2, 0.25) is 5.02 Å². The standard InChI is InChI=1S/C22H22ClN5O2/c1-14-7-8-17(16(23)11-14)25-21(29)15-5-4-10-28(13-15)22(30)20-12-19(26-27-20)18-6-2-3-9-24-18/h2-3,6-9,11-12,15H,4-5,10,13H2,1H3,(H,25,29)(H,26,27). The van der Waals surface area contributed by atoms with Crippen LogP contribution in [0.5, 0.6) is 0 Å². The number of rotatable bonds is 4. The second-order valence-corrected chi connectivity index (χ2v) is 7.85. The molecule has 30 heavy (non-hydrogen) atoms. The van der Waals surface area contributed by atoms with Crippen molar-refractivity contribution in [2.45, 2.75) is 19.8 Å². The molecule has 8 heteroatoms. The number of pyridine rings is 1. The van der Waals surface area contributed by atoms with E-state index >= 15 is 0 Å². The summed E-state index contributed by atoms with van der Waals surface area (Å²) >= 11 is 6.23. The summed E-state index contributed by atoms with van der Waals surface area (Å²) < 4.78 is 0. The Morgan fingerprint density at radius 3 is 2.83 bits per heavy atom. The highest BCUT2D eigenvalue weighted by molar-refractivity contribution is 6.33. The number of aromatic nitrogens is 3. The first-order valence-electron chi connectivity index (χ1n) is 9.84. The highest BCUT2D eigenvalue weighted by Crippen LogP contribution is 2.26. The summed E-state index contributed by atoms with van der Waals surface area (Å²) in [4.78, 5) is 31.7. The van der Waals surface area contributed by atoms with Gasteiger partial charge in [-0.05, 0) is 55.7 Å². The smallest absolute Gasteiger partial charge is 0.271 e. The van der Waals surface area contributed by atoms with Crippen molar-refractivity contribution in [2.75, 3.05) is 18.4 Å². The van der Waals surface area contributed by atoms with Gasteiger partial charge in [-0.1, -0.05) is 23.7 Å². The zero-order valence-corrected chi connectivity index (χ0v) is 17.3. The molecule has 0 radical (unpaired) electrons. The molecule has 1 unspecified atom stereocenters. The summed E-state index contributed by atoms with van der Waals surface area (Å²) in [6.45, 7) is 2.90. The number of amides is 2. The Labute approximate surface area is 179 Å². The molecule has 0 spiro atoms. The lowest BCUT2D eigenvalue weighted by Gasteiger charge is -2.31. The first-order chi connectivity index (χ1) is 14.5. The second kappa shape index (κ2) is 8.67. The molecule has 4 rings (SSSR count). The van der Waals surface area contributed by atoms with Crippen LogP contribution in [0.15, 0.2) is 48.7 Å². The van der Waals surface area contributed by atoms with Gasteiger partial charge < -0.3 is 10.2 Å². The van der Waals surface area contributed by atoms with Gasteiger partial charge in [0.25, 0.3) is 5.91 Å². The number of benzene rings is 1. The van der Waals surface area contributed by atoms with E-state index in [1.807, 2.05) is 37.3 Å². The molecule has 1 aromatic carbocycles. The number of anilines is 1. The predicted molar refractivity (Wildman–Crippen MR) is 115 cm³/mol. The van der Waals surface area contributed by atoms with Crippen molar-refractivity contribution in [3.63, 3.8) is 0 Å². The van der Waals surface area contributed by atoms with Gasteiger partial charge in [0.15, 0.2) is 0 Å². The average Bonchev–Trinajstić information content (AvgIpc) is 3.26. The Hall–Kier alpha value is -3.19. The number of likely N-dealkylation sites (tertiary alicyclic amines) is 1. The topological polar surface area (TPSA) is 91.0 Å². The van der Waals surface area contributed by atoms with Gasteiger partial charge in [-0.2, -0.15) is 5.10 Å². The highest BCUT2D eigenvalue weighted by atomic mass is 35.5. The van der Waals surface area contributed by atoms with Crippen LogP contribution in [0, 0.1) is 12.8 Å². The minimum Gasteiger partial charge on any atom is -0.337 e. The number of hydrogen-bond donors (Lipinski definition) is 2. The van der Waals surface area contributed by atoms with Crippen molar-refractivity contribution < 1.29 is 9.59 Å². The SMILES string of the molecule is Cc1ccc(NC(=O)C2CCCN(C(=O)c3cc(-c4ccccn4)n[nH]3)C2)c(Cl)c1. The maximum Gasteiger partial charge on any atom is 0.271 e. The number of H-pyrrole nitrogens is 1. The molecule has 7 nitrogen and oxygen atoms in total. The average molecular weight is 424 g/mol. The number of piperidine rings is 1. The largest absolute Gasteiger partial charge is 0.337 e. The van der Waals surface area contributed by atoms with Gasteiger partial charge in [0.1, 0.15) is 11.4 Å². The quantitative estimate of drug-likeness (QED) is 0.665. The van der Waals surface area contributed by atoms with Crippen LogP contribution in [-0.4, -0.2) is 45.0 Å². The maximum atomic E-state index is 12.9. The summed E-state index contributed by atoms with van der Waals surface area (Å²) in [5, 5.41) is 10.4. The maximum absolute atomic E-state index is 12.9. The predicted octanol–water partition coefficient (Wildman–Crippen LogP) is 3.92. The Kier molecular flexibility index (Phi) is 5.81. The summed E-state index contributed by atoms with van der Waals surface area (Å²) in [5.74, 6) is -0.592. The molecule has 0 saturated carbocycles. The second-order valence-electron chi connectivity index (χ2n) is 7.44. The number of nitrogens with zero attached hydrogens (tertiary/aromatic N) is 3. The van der Waals surface area contributed by atoms with Gasteiger partial charge in [-0.25, -0.2) is 0 Å². The highest BCUT2D eigenvalue weighted by Gasteiger charge is 2.30. The van der Waals surface area contributed by atoms with E-state index in [0.717, 1.165) is 18.4 Å². The number of aromatic amines is 1. The van der Waals surface area contributed by atoms with Crippen molar-refractivity contribution in [1.29, 1.82) is 0 Å². The fourth-order valence-corrected chi connectivity index (χ4v) is 3.86. The van der Waals surface area contributed by atoms with Crippen molar-refractivity contribution in [3.8, 4) is 11.4 Å². The lowest BCUT2D eigenvalue weighted by molar-refractivity contribution is -0.121. The van der Waals surface area contributed by atoms with Crippen molar-refractivity contribution in [2.24, 2.45) is 5.92 Å². The molecular weight excluding hydrogens is 402 g/mol. The molecule has 3 aromatic rings. The molecule has 1 atom stereocenters. The van der Waals surface area contributed by atoms with Crippen molar-refractivity contribution in [1.82, 2.24) is 20.1 Å². The van der Waals surface area contributed by atoms with E-state index in [0.29, 0.717) is 40.9 Å². The van der Waals surface area contributed by atoms with Crippen LogP contribution in [0.25, 0.3) is 11.4 Å². The van der Waals surface area contributed by atoms with E-state index in [1.54, 1.807) is 23.2 Å². The molecule has 1 saturated heterocycles. The van der Waals surface area contributed by atoms with E-state index in [4.69, 9.17) is 11.6 Å². The van der Waals surface area contributed by atoms with Gasteiger partial charge in [0, 0.05) is 19.3 Å². The fraction of sp³-hybridized carbons (Fsp3) is 0.273. The lowest BCUT2D eigenvalue weighted by Crippen LogP contribution is -2.43. The van der Waals surface area contributed by atoms with Gasteiger partial charge in [-0.15, -0.1) is 0 Å². The summed E-state index contributed by atoms with van der Waals surface area (Å²) in [6.07, 6.45) is 3.16. The number of carbonyl (C=O) groups is 2. The minimum absolute atomic E-state index is 0.128. The van der Waals surface area contributed by atoms with Crippen LogP contribution in [0.1, 0.15) is 28.9 Å². The lowest BCUT2D eigenvalue weighted by atomic mass is 9.96. The first-order valence-corrected chi connectivity index (χ1v) is 10.2. The fourth-order valence-electron chi connectivity index (χ4n) is 3.58. The summed E-state index contributed by atoms with van der Waals surface area (Å²) in [7, 11) is 0. The van der Waals surface area contributed by atoms with Crippen LogP contribution in [0.4, 0.5) is 5.69 Å². The Morgan fingerprint density at radius 1 is 1.20 bits per heavy atom. The Morgan fingerprint density at radius 2 is 2.07 bits per heavy atom. The van der Waals surface area contributed by atoms with E-state index in [1.165, 1.54) is 0 Å². The number of hydrogen-bond acceptors (Lipinski definition) is 4. The van der Waals surface area contributed by atoms with E-state index in [2.05, 4.69) is 20.5 Å². The normalized spacial score (nSPS) is 16.3.